The van der Waals surface area contributed by atoms with Crippen molar-refractivity contribution < 1.29 is 14.3 Å². The number of carbonyl (C=O) groups excluding carboxylic acids is 2. The van der Waals surface area contributed by atoms with Gasteiger partial charge in [0.05, 0.1) is 24.9 Å². The number of hydrogen-bond donors (Lipinski definition) is 2. The van der Waals surface area contributed by atoms with Crippen molar-refractivity contribution in [1.29, 1.82) is 0 Å². The fraction of sp³-hybridized carbons (Fsp3) is 0.143. The predicted molar refractivity (Wildman–Crippen MR) is 107 cm³/mol. The smallest absolute Gasteiger partial charge is 0.259 e. The number of benzene rings is 2. The van der Waals surface area contributed by atoms with Crippen LogP contribution in [0.2, 0.25) is 0 Å². The fourth-order valence-corrected chi connectivity index (χ4v) is 2.66. The molecule has 0 atom stereocenters. The van der Waals surface area contributed by atoms with E-state index in [9.17, 15) is 9.59 Å². The summed E-state index contributed by atoms with van der Waals surface area (Å²) in [6, 6.07) is 15.0. The quantitative estimate of drug-likeness (QED) is 0.489. The van der Waals surface area contributed by atoms with E-state index >= 15 is 0 Å². The highest BCUT2D eigenvalue weighted by Crippen LogP contribution is 2.26. The summed E-state index contributed by atoms with van der Waals surface area (Å²) in [7, 11) is 0. The monoisotopic (exact) mass is 376 g/mol. The molecule has 2 amide bonds. The van der Waals surface area contributed by atoms with E-state index in [4.69, 9.17) is 4.74 Å². The highest BCUT2D eigenvalue weighted by Gasteiger charge is 2.09. The Morgan fingerprint density at radius 2 is 2.00 bits per heavy atom. The Morgan fingerprint density at radius 1 is 1.14 bits per heavy atom. The van der Waals surface area contributed by atoms with Crippen LogP contribution in [0.3, 0.4) is 0 Å². The molecule has 2 aromatic carbocycles. The van der Waals surface area contributed by atoms with E-state index in [1.54, 1.807) is 24.5 Å². The summed E-state index contributed by atoms with van der Waals surface area (Å²) in [6.07, 6.45) is 4.55. The van der Waals surface area contributed by atoms with E-state index < -0.39 is 5.91 Å². The number of ether oxygens (including phenoxy) is 1. The van der Waals surface area contributed by atoms with E-state index in [2.05, 4.69) is 20.8 Å². The number of hydrogen-bond acceptors (Lipinski definition) is 5. The van der Waals surface area contributed by atoms with Crippen LogP contribution in [0, 0.1) is 0 Å². The van der Waals surface area contributed by atoms with E-state index in [0.717, 1.165) is 16.3 Å². The summed E-state index contributed by atoms with van der Waals surface area (Å²) in [5.74, 6) is -0.129. The summed E-state index contributed by atoms with van der Waals surface area (Å²) < 4.78 is 5.66. The second kappa shape index (κ2) is 9.27. The molecule has 142 valence electrons. The van der Waals surface area contributed by atoms with Gasteiger partial charge in [-0.3, -0.25) is 14.6 Å². The molecule has 0 fully saturated rings. The van der Waals surface area contributed by atoms with Crippen molar-refractivity contribution in [1.82, 2.24) is 15.7 Å². The van der Waals surface area contributed by atoms with Crippen molar-refractivity contribution in [3.05, 3.63) is 72.1 Å². The second-order valence-corrected chi connectivity index (χ2v) is 5.85. The van der Waals surface area contributed by atoms with Crippen LogP contribution in [0.25, 0.3) is 10.8 Å². The minimum Gasteiger partial charge on any atom is -0.493 e. The SMILES string of the molecule is CCOc1ccc2ccccc2c1/C=N/NC(=O)CNC(=O)c1cccnc1. The normalized spacial score (nSPS) is 10.8. The van der Waals surface area contributed by atoms with Gasteiger partial charge in [-0.25, -0.2) is 5.43 Å². The maximum atomic E-state index is 12.0. The summed E-state index contributed by atoms with van der Waals surface area (Å²) in [5, 5.41) is 8.55. The first-order valence-corrected chi connectivity index (χ1v) is 8.83. The van der Waals surface area contributed by atoms with E-state index in [-0.39, 0.29) is 12.5 Å². The number of nitrogens with one attached hydrogen (secondary N) is 2. The van der Waals surface area contributed by atoms with E-state index in [0.29, 0.717) is 17.9 Å². The van der Waals surface area contributed by atoms with E-state index in [1.165, 1.54) is 6.20 Å². The Morgan fingerprint density at radius 3 is 2.79 bits per heavy atom. The first-order chi connectivity index (χ1) is 13.7. The Balaban J connectivity index is 1.64. The molecule has 3 aromatic rings. The van der Waals surface area contributed by atoms with Gasteiger partial charge in [0, 0.05) is 18.0 Å². The Hall–Kier alpha value is -3.74. The van der Waals surface area contributed by atoms with Crippen molar-refractivity contribution in [3.8, 4) is 5.75 Å². The first kappa shape index (κ1) is 19.0. The molecule has 0 aliphatic heterocycles. The molecule has 1 aromatic heterocycles. The van der Waals surface area contributed by atoms with Gasteiger partial charge >= 0.3 is 0 Å². The molecule has 0 saturated carbocycles. The third-order valence-corrected chi connectivity index (χ3v) is 3.95. The second-order valence-electron chi connectivity index (χ2n) is 5.85. The molecule has 0 spiro atoms. The van der Waals surface area contributed by atoms with Crippen LogP contribution >= 0.6 is 0 Å². The van der Waals surface area contributed by atoms with Crippen molar-refractivity contribution in [2.24, 2.45) is 5.10 Å². The van der Waals surface area contributed by atoms with Gasteiger partial charge in [0.15, 0.2) is 0 Å². The Labute approximate surface area is 162 Å². The van der Waals surface area contributed by atoms with Gasteiger partial charge in [-0.05, 0) is 35.9 Å². The molecule has 7 nitrogen and oxygen atoms in total. The molecule has 0 aliphatic carbocycles. The molecule has 7 heteroatoms. The number of amides is 2. The van der Waals surface area contributed by atoms with Crippen molar-refractivity contribution in [2.45, 2.75) is 6.92 Å². The van der Waals surface area contributed by atoms with Gasteiger partial charge < -0.3 is 10.1 Å². The third-order valence-electron chi connectivity index (χ3n) is 3.95. The summed E-state index contributed by atoms with van der Waals surface area (Å²) in [5.41, 5.74) is 3.58. The lowest BCUT2D eigenvalue weighted by Crippen LogP contribution is -2.34. The molecule has 2 N–H and O–H groups in total. The van der Waals surface area contributed by atoms with Crippen LogP contribution < -0.4 is 15.5 Å². The van der Waals surface area contributed by atoms with Gasteiger partial charge in [-0.1, -0.05) is 30.3 Å². The largest absolute Gasteiger partial charge is 0.493 e. The van der Waals surface area contributed by atoms with Gasteiger partial charge in [-0.15, -0.1) is 0 Å². The van der Waals surface area contributed by atoms with Crippen molar-refractivity contribution >= 4 is 28.8 Å². The number of aromatic nitrogens is 1. The standard InChI is InChI=1S/C21H20N4O3/c1-2-28-19-10-9-15-6-3-4-8-17(15)18(19)13-24-25-20(26)14-23-21(27)16-7-5-11-22-12-16/h3-13H,2,14H2,1H3,(H,23,27)(H,25,26)/b24-13+. The zero-order valence-corrected chi connectivity index (χ0v) is 15.4. The lowest BCUT2D eigenvalue weighted by Gasteiger charge is -2.10. The van der Waals surface area contributed by atoms with Crippen LogP contribution in [0.5, 0.6) is 5.75 Å². The Bertz CT molecular complexity index is 1000. The zero-order chi connectivity index (χ0) is 19.8. The highest BCUT2D eigenvalue weighted by molar-refractivity contribution is 6.03. The molecule has 0 saturated heterocycles. The first-order valence-electron chi connectivity index (χ1n) is 8.83. The number of carbonyl (C=O) groups is 2. The lowest BCUT2D eigenvalue weighted by molar-refractivity contribution is -0.120. The maximum Gasteiger partial charge on any atom is 0.259 e. The zero-order valence-electron chi connectivity index (χ0n) is 15.4. The number of nitrogens with zero attached hydrogens (tertiary/aromatic N) is 2. The van der Waals surface area contributed by atoms with Crippen LogP contribution in [0.4, 0.5) is 0 Å². The molecule has 28 heavy (non-hydrogen) atoms. The molecule has 3 rings (SSSR count). The summed E-state index contributed by atoms with van der Waals surface area (Å²) in [4.78, 5) is 27.7. The summed E-state index contributed by atoms with van der Waals surface area (Å²) in [6.45, 7) is 2.23. The topological polar surface area (TPSA) is 92.7 Å². The van der Waals surface area contributed by atoms with Crippen LogP contribution in [-0.4, -0.2) is 36.2 Å². The molecule has 0 aliphatic rings. The average Bonchev–Trinajstić information content (AvgIpc) is 2.74. The van der Waals surface area contributed by atoms with Gasteiger partial charge in [-0.2, -0.15) is 5.10 Å². The van der Waals surface area contributed by atoms with Gasteiger partial charge in [0.2, 0.25) is 0 Å². The lowest BCUT2D eigenvalue weighted by atomic mass is 10.0. The molecule has 0 unspecified atom stereocenters. The maximum absolute atomic E-state index is 12.0. The molecular weight excluding hydrogens is 356 g/mol. The number of hydrazone groups is 1. The predicted octanol–water partition coefficient (Wildman–Crippen LogP) is 2.51. The van der Waals surface area contributed by atoms with Crippen LogP contribution in [0.1, 0.15) is 22.8 Å². The fourth-order valence-electron chi connectivity index (χ4n) is 2.66. The van der Waals surface area contributed by atoms with Crippen LogP contribution in [0.15, 0.2) is 66.0 Å². The van der Waals surface area contributed by atoms with Crippen LogP contribution in [-0.2, 0) is 4.79 Å². The molecular formula is C21H20N4O3. The van der Waals surface area contributed by atoms with E-state index in [1.807, 2.05) is 43.3 Å². The minimum absolute atomic E-state index is 0.196. The van der Waals surface area contributed by atoms with Gasteiger partial charge in [0.1, 0.15) is 5.75 Å². The third kappa shape index (κ3) is 4.70. The van der Waals surface area contributed by atoms with Crippen molar-refractivity contribution in [2.75, 3.05) is 13.2 Å². The summed E-state index contributed by atoms with van der Waals surface area (Å²) >= 11 is 0. The molecule has 0 radical (unpaired) electrons. The molecule has 1 heterocycles. The number of fused-ring (bicyclic) bond motifs is 1. The highest BCUT2D eigenvalue weighted by atomic mass is 16.5. The average molecular weight is 376 g/mol. The Kier molecular flexibility index (Phi) is 6.30. The number of rotatable bonds is 7. The van der Waals surface area contributed by atoms with Gasteiger partial charge in [0.25, 0.3) is 11.8 Å². The molecule has 0 bridgehead atoms. The minimum atomic E-state index is -0.438. The number of pyridine rings is 1. The van der Waals surface area contributed by atoms with Crippen molar-refractivity contribution in [3.63, 3.8) is 0 Å².